The molecule has 0 saturated carbocycles. The van der Waals surface area contributed by atoms with E-state index in [0.29, 0.717) is 29.2 Å². The Balaban J connectivity index is 1.53. The van der Waals surface area contributed by atoms with Gasteiger partial charge in [-0.2, -0.15) is 5.10 Å². The predicted molar refractivity (Wildman–Crippen MR) is 129 cm³/mol. The van der Waals surface area contributed by atoms with Crippen LogP contribution in [0.15, 0.2) is 77.9 Å². The zero-order valence-electron chi connectivity index (χ0n) is 19.3. The first-order valence-corrected chi connectivity index (χ1v) is 10.8. The van der Waals surface area contributed by atoms with Gasteiger partial charge in [0, 0.05) is 5.56 Å². The van der Waals surface area contributed by atoms with Crippen LogP contribution < -0.4 is 14.9 Å². The average Bonchev–Trinajstić information content (AvgIpc) is 2.80. The Morgan fingerprint density at radius 2 is 1.42 bits per heavy atom. The summed E-state index contributed by atoms with van der Waals surface area (Å²) in [6.07, 6.45) is 1.53. The quantitative estimate of drug-likeness (QED) is 0.230. The summed E-state index contributed by atoms with van der Waals surface area (Å²) in [5.41, 5.74) is 5.43. The third-order valence-electron chi connectivity index (χ3n) is 4.88. The minimum absolute atomic E-state index is 0.0296. The summed E-state index contributed by atoms with van der Waals surface area (Å²) in [6.45, 7) is 8.83. The molecule has 0 bridgehead atoms. The zero-order valence-corrected chi connectivity index (χ0v) is 19.3. The van der Waals surface area contributed by atoms with Gasteiger partial charge in [0.05, 0.1) is 18.4 Å². The first kappa shape index (κ1) is 23.7. The fourth-order valence-corrected chi connectivity index (χ4v) is 2.99. The molecular weight excluding hydrogens is 416 g/mol. The summed E-state index contributed by atoms with van der Waals surface area (Å²) < 4.78 is 10.8. The molecule has 0 unspecified atom stereocenters. The lowest BCUT2D eigenvalue weighted by Crippen LogP contribution is -2.18. The second-order valence-corrected chi connectivity index (χ2v) is 8.44. The Kier molecular flexibility index (Phi) is 7.61. The van der Waals surface area contributed by atoms with Crippen molar-refractivity contribution in [3.05, 3.63) is 95.1 Å². The maximum absolute atomic E-state index is 12.3. The van der Waals surface area contributed by atoms with E-state index in [-0.39, 0.29) is 11.3 Å². The van der Waals surface area contributed by atoms with Crippen molar-refractivity contribution in [3.63, 3.8) is 0 Å². The minimum atomic E-state index is -0.454. The van der Waals surface area contributed by atoms with Gasteiger partial charge in [-0.1, -0.05) is 32.9 Å². The molecule has 1 N–H and O–H groups in total. The van der Waals surface area contributed by atoms with Crippen molar-refractivity contribution in [2.24, 2.45) is 5.10 Å². The monoisotopic (exact) mass is 444 g/mol. The van der Waals surface area contributed by atoms with Crippen LogP contribution in [0, 0.1) is 0 Å². The number of carbonyl (C=O) groups excluding carboxylic acids is 2. The van der Waals surface area contributed by atoms with E-state index < -0.39 is 5.97 Å². The number of ether oxygens (including phenoxy) is 2. The zero-order chi connectivity index (χ0) is 23.8. The van der Waals surface area contributed by atoms with Crippen molar-refractivity contribution in [3.8, 4) is 11.5 Å². The Labute approximate surface area is 194 Å². The van der Waals surface area contributed by atoms with Crippen LogP contribution in [0.25, 0.3) is 0 Å². The van der Waals surface area contributed by atoms with Crippen LogP contribution in [-0.2, 0) is 5.41 Å². The van der Waals surface area contributed by atoms with Gasteiger partial charge in [-0.05, 0) is 84.1 Å². The van der Waals surface area contributed by atoms with Gasteiger partial charge >= 0.3 is 5.97 Å². The fraction of sp³-hybridized carbons (Fsp3) is 0.222. The molecule has 0 spiro atoms. The number of amides is 1. The van der Waals surface area contributed by atoms with Crippen LogP contribution in [0.5, 0.6) is 11.5 Å². The number of esters is 1. The number of hydrogen-bond acceptors (Lipinski definition) is 5. The lowest BCUT2D eigenvalue weighted by Gasteiger charge is -2.18. The van der Waals surface area contributed by atoms with E-state index in [1.165, 1.54) is 6.21 Å². The van der Waals surface area contributed by atoms with Crippen LogP contribution in [-0.4, -0.2) is 24.7 Å². The maximum Gasteiger partial charge on any atom is 0.343 e. The summed E-state index contributed by atoms with van der Waals surface area (Å²) in [5.74, 6) is 0.373. The van der Waals surface area contributed by atoms with Crippen LogP contribution in [0.4, 0.5) is 0 Å². The number of hydrazone groups is 1. The van der Waals surface area contributed by atoms with E-state index in [4.69, 9.17) is 9.47 Å². The van der Waals surface area contributed by atoms with Crippen molar-refractivity contribution in [1.29, 1.82) is 0 Å². The Morgan fingerprint density at radius 1 is 0.848 bits per heavy atom. The largest absolute Gasteiger partial charge is 0.494 e. The molecule has 0 saturated heterocycles. The van der Waals surface area contributed by atoms with Crippen LogP contribution in [0.2, 0.25) is 0 Å². The molecule has 170 valence electrons. The Morgan fingerprint density at radius 3 is 2.00 bits per heavy atom. The molecule has 33 heavy (non-hydrogen) atoms. The van der Waals surface area contributed by atoms with Crippen molar-refractivity contribution in [2.75, 3.05) is 6.61 Å². The molecule has 0 heterocycles. The molecule has 0 aliphatic carbocycles. The van der Waals surface area contributed by atoms with E-state index in [0.717, 1.165) is 11.1 Å². The minimum Gasteiger partial charge on any atom is -0.494 e. The van der Waals surface area contributed by atoms with Crippen LogP contribution >= 0.6 is 0 Å². The second kappa shape index (κ2) is 10.6. The number of benzene rings is 3. The maximum atomic E-state index is 12.3. The molecule has 3 aromatic carbocycles. The van der Waals surface area contributed by atoms with Gasteiger partial charge in [0.1, 0.15) is 11.5 Å². The average molecular weight is 445 g/mol. The molecule has 1 amide bonds. The molecule has 0 aliphatic rings. The van der Waals surface area contributed by atoms with Gasteiger partial charge in [0.15, 0.2) is 0 Å². The summed E-state index contributed by atoms with van der Waals surface area (Å²) in [6, 6.07) is 21.1. The summed E-state index contributed by atoms with van der Waals surface area (Å²) >= 11 is 0. The SMILES string of the molecule is CCOc1ccc(C(=O)Oc2ccc(/C=N/NC(=O)c3ccc(C(C)(C)C)cc3)cc2)cc1. The molecule has 0 atom stereocenters. The Hall–Kier alpha value is -3.93. The van der Waals surface area contributed by atoms with Crippen molar-refractivity contribution in [2.45, 2.75) is 33.1 Å². The molecule has 6 nitrogen and oxygen atoms in total. The first-order chi connectivity index (χ1) is 15.8. The normalized spacial score (nSPS) is 11.3. The number of carbonyl (C=O) groups is 2. The van der Waals surface area contributed by atoms with Gasteiger partial charge < -0.3 is 9.47 Å². The number of rotatable bonds is 7. The molecular formula is C27H28N2O4. The fourth-order valence-electron chi connectivity index (χ4n) is 2.99. The molecule has 3 rings (SSSR count). The summed E-state index contributed by atoms with van der Waals surface area (Å²) in [5, 5.41) is 4.01. The summed E-state index contributed by atoms with van der Waals surface area (Å²) in [4.78, 5) is 24.6. The smallest absolute Gasteiger partial charge is 0.343 e. The highest BCUT2D eigenvalue weighted by atomic mass is 16.5. The highest BCUT2D eigenvalue weighted by Crippen LogP contribution is 2.22. The van der Waals surface area contributed by atoms with Gasteiger partial charge in [0.2, 0.25) is 0 Å². The van der Waals surface area contributed by atoms with Gasteiger partial charge in [0.25, 0.3) is 5.91 Å². The lowest BCUT2D eigenvalue weighted by atomic mass is 9.87. The van der Waals surface area contributed by atoms with E-state index >= 15 is 0 Å². The lowest BCUT2D eigenvalue weighted by molar-refractivity contribution is 0.0734. The second-order valence-electron chi connectivity index (χ2n) is 8.44. The van der Waals surface area contributed by atoms with Crippen molar-refractivity contribution in [1.82, 2.24) is 5.43 Å². The van der Waals surface area contributed by atoms with E-state index in [9.17, 15) is 9.59 Å². The molecule has 6 heteroatoms. The molecule has 0 radical (unpaired) electrons. The molecule has 3 aromatic rings. The standard InChI is InChI=1S/C27H28N2O4/c1-5-32-23-16-10-21(11-17-23)26(31)33-24-14-6-19(7-15-24)18-28-29-25(30)20-8-12-22(13-9-20)27(2,3)4/h6-18H,5H2,1-4H3,(H,29,30)/b28-18+. The molecule has 0 aliphatic heterocycles. The third-order valence-corrected chi connectivity index (χ3v) is 4.88. The van der Waals surface area contributed by atoms with Crippen molar-refractivity contribution < 1.29 is 19.1 Å². The Bertz CT molecular complexity index is 1110. The first-order valence-electron chi connectivity index (χ1n) is 10.8. The summed E-state index contributed by atoms with van der Waals surface area (Å²) in [7, 11) is 0. The van der Waals surface area contributed by atoms with Crippen LogP contribution in [0.3, 0.4) is 0 Å². The topological polar surface area (TPSA) is 77.0 Å². The highest BCUT2D eigenvalue weighted by molar-refractivity contribution is 5.95. The van der Waals surface area contributed by atoms with Crippen LogP contribution in [0.1, 0.15) is 59.5 Å². The van der Waals surface area contributed by atoms with E-state index in [1.54, 1.807) is 60.7 Å². The van der Waals surface area contributed by atoms with E-state index in [1.807, 2.05) is 19.1 Å². The van der Waals surface area contributed by atoms with Gasteiger partial charge in [-0.15, -0.1) is 0 Å². The number of nitrogens with zero attached hydrogens (tertiary/aromatic N) is 1. The van der Waals surface area contributed by atoms with Crippen molar-refractivity contribution >= 4 is 18.1 Å². The molecule has 0 fully saturated rings. The van der Waals surface area contributed by atoms with Gasteiger partial charge in [-0.25, -0.2) is 10.2 Å². The number of nitrogens with one attached hydrogen (secondary N) is 1. The third kappa shape index (κ3) is 6.77. The molecule has 0 aromatic heterocycles. The van der Waals surface area contributed by atoms with Gasteiger partial charge in [-0.3, -0.25) is 4.79 Å². The van der Waals surface area contributed by atoms with E-state index in [2.05, 4.69) is 31.3 Å². The predicted octanol–water partition coefficient (Wildman–Crippen LogP) is 5.37. The number of hydrogen-bond donors (Lipinski definition) is 1. The highest BCUT2D eigenvalue weighted by Gasteiger charge is 2.14.